The van der Waals surface area contributed by atoms with E-state index in [0.29, 0.717) is 17.6 Å². The molecule has 2 N–H and O–H groups in total. The Hall–Kier alpha value is -1.29. The lowest BCUT2D eigenvalue weighted by atomic mass is 10.1. The van der Waals surface area contributed by atoms with Crippen LogP contribution in [0.3, 0.4) is 0 Å². The summed E-state index contributed by atoms with van der Waals surface area (Å²) in [5.41, 5.74) is 6.37. The molecule has 1 rings (SSSR count). The second kappa shape index (κ2) is 7.34. The first-order valence-electron chi connectivity index (χ1n) is 7.10. The number of anilines is 1. The van der Waals surface area contributed by atoms with Crippen molar-refractivity contribution in [3.8, 4) is 0 Å². The lowest BCUT2D eigenvalue weighted by Gasteiger charge is -2.28. The number of nitrogens with two attached hydrogens (primary N) is 1. The maximum Gasteiger partial charge on any atom is 0.250 e. The fourth-order valence-corrected chi connectivity index (χ4v) is 2.20. The zero-order chi connectivity index (χ0) is 14.4. The van der Waals surface area contributed by atoms with Crippen molar-refractivity contribution >= 4 is 5.69 Å². The van der Waals surface area contributed by atoms with E-state index < -0.39 is 0 Å². The average Bonchev–Trinajstić information content (AvgIpc) is 2.31. The van der Waals surface area contributed by atoms with Crippen LogP contribution < -0.4 is 11.3 Å². The van der Waals surface area contributed by atoms with Gasteiger partial charge in [-0.1, -0.05) is 13.8 Å². The molecule has 1 heterocycles. The van der Waals surface area contributed by atoms with Gasteiger partial charge in [0, 0.05) is 43.6 Å². The van der Waals surface area contributed by atoms with Crippen molar-refractivity contribution in [1.29, 1.82) is 0 Å². The van der Waals surface area contributed by atoms with Gasteiger partial charge >= 0.3 is 0 Å². The molecule has 0 aliphatic carbocycles. The van der Waals surface area contributed by atoms with Gasteiger partial charge < -0.3 is 15.2 Å². The number of hydrogen-bond acceptors (Lipinski definition) is 3. The first kappa shape index (κ1) is 15.8. The molecule has 0 amide bonds. The van der Waals surface area contributed by atoms with Gasteiger partial charge in [0.25, 0.3) is 5.56 Å². The number of nitrogens with zero attached hydrogens (tertiary/aromatic N) is 2. The lowest BCUT2D eigenvalue weighted by molar-refractivity contribution is 0.192. The molecule has 1 aromatic heterocycles. The molecule has 4 heteroatoms. The summed E-state index contributed by atoms with van der Waals surface area (Å²) >= 11 is 0. The largest absolute Gasteiger partial charge is 0.398 e. The molecule has 0 aliphatic heterocycles. The van der Waals surface area contributed by atoms with Crippen molar-refractivity contribution in [3.05, 3.63) is 28.7 Å². The first-order chi connectivity index (χ1) is 8.90. The number of aromatic nitrogens is 1. The molecule has 0 spiro atoms. The summed E-state index contributed by atoms with van der Waals surface area (Å²) in [4.78, 5) is 14.1. The van der Waals surface area contributed by atoms with Crippen molar-refractivity contribution < 1.29 is 0 Å². The standard InChI is InChI=1S/C15H27N3O/c1-12(2)10-17(13(3)4)8-5-9-18-11-14(16)6-7-15(18)19/h6-7,11-13H,5,8-10,16H2,1-4H3. The minimum atomic E-state index is 0.0224. The Labute approximate surface area is 116 Å². The normalized spacial score (nSPS) is 11.7. The average molecular weight is 265 g/mol. The quantitative estimate of drug-likeness (QED) is 0.822. The van der Waals surface area contributed by atoms with Gasteiger partial charge in [-0.3, -0.25) is 4.79 Å². The molecule has 0 radical (unpaired) electrons. The molecule has 0 unspecified atom stereocenters. The summed E-state index contributed by atoms with van der Waals surface area (Å²) in [7, 11) is 0. The Morgan fingerprint density at radius 2 is 1.95 bits per heavy atom. The van der Waals surface area contributed by atoms with Crippen molar-refractivity contribution in [1.82, 2.24) is 9.47 Å². The maximum absolute atomic E-state index is 11.7. The summed E-state index contributed by atoms with van der Waals surface area (Å²) in [6.07, 6.45) is 2.69. The first-order valence-corrected chi connectivity index (χ1v) is 7.10. The van der Waals surface area contributed by atoms with E-state index in [-0.39, 0.29) is 5.56 Å². The van der Waals surface area contributed by atoms with Gasteiger partial charge in [0.2, 0.25) is 0 Å². The van der Waals surface area contributed by atoms with Crippen LogP contribution >= 0.6 is 0 Å². The van der Waals surface area contributed by atoms with Gasteiger partial charge in [-0.05, 0) is 32.3 Å². The SMILES string of the molecule is CC(C)CN(CCCn1cc(N)ccc1=O)C(C)C. The van der Waals surface area contributed by atoms with Gasteiger partial charge in [0.05, 0.1) is 0 Å². The number of pyridine rings is 1. The Kier molecular flexibility index (Phi) is 6.09. The molecular formula is C15H27N3O. The third kappa shape index (κ3) is 5.47. The minimum Gasteiger partial charge on any atom is -0.398 e. The second-order valence-electron chi connectivity index (χ2n) is 5.83. The zero-order valence-corrected chi connectivity index (χ0v) is 12.6. The van der Waals surface area contributed by atoms with Crippen LogP contribution in [0, 0.1) is 5.92 Å². The van der Waals surface area contributed by atoms with E-state index in [4.69, 9.17) is 5.73 Å². The van der Waals surface area contributed by atoms with E-state index in [2.05, 4.69) is 32.6 Å². The number of aryl methyl sites for hydroxylation is 1. The van der Waals surface area contributed by atoms with Crippen molar-refractivity contribution in [2.24, 2.45) is 5.92 Å². The fourth-order valence-electron chi connectivity index (χ4n) is 2.20. The van der Waals surface area contributed by atoms with E-state index in [1.807, 2.05) is 0 Å². The van der Waals surface area contributed by atoms with E-state index in [1.165, 1.54) is 6.07 Å². The predicted molar refractivity (Wildman–Crippen MR) is 81.3 cm³/mol. The lowest BCUT2D eigenvalue weighted by Crippen LogP contribution is -2.35. The molecule has 0 atom stereocenters. The molecule has 19 heavy (non-hydrogen) atoms. The van der Waals surface area contributed by atoms with Gasteiger partial charge in [-0.15, -0.1) is 0 Å². The van der Waals surface area contributed by atoms with Crippen LogP contribution in [0.25, 0.3) is 0 Å². The molecule has 0 saturated carbocycles. The number of rotatable bonds is 7. The molecule has 0 bridgehead atoms. The highest BCUT2D eigenvalue weighted by Gasteiger charge is 2.10. The minimum absolute atomic E-state index is 0.0224. The zero-order valence-electron chi connectivity index (χ0n) is 12.6. The van der Waals surface area contributed by atoms with Gasteiger partial charge in [0.15, 0.2) is 0 Å². The fraction of sp³-hybridized carbons (Fsp3) is 0.667. The van der Waals surface area contributed by atoms with Crippen LogP contribution in [-0.4, -0.2) is 28.6 Å². The number of hydrogen-bond donors (Lipinski definition) is 1. The summed E-state index contributed by atoms with van der Waals surface area (Å²) < 4.78 is 1.70. The van der Waals surface area contributed by atoms with E-state index in [0.717, 1.165) is 26.1 Å². The molecule has 4 nitrogen and oxygen atoms in total. The third-order valence-corrected chi connectivity index (χ3v) is 3.18. The van der Waals surface area contributed by atoms with Crippen LogP contribution in [0.4, 0.5) is 5.69 Å². The van der Waals surface area contributed by atoms with Crippen LogP contribution in [0.2, 0.25) is 0 Å². The molecule has 108 valence electrons. The Bertz CT molecular complexity index is 437. The van der Waals surface area contributed by atoms with Gasteiger partial charge in [-0.25, -0.2) is 0 Å². The smallest absolute Gasteiger partial charge is 0.250 e. The molecule has 0 fully saturated rings. The highest BCUT2D eigenvalue weighted by Crippen LogP contribution is 2.06. The van der Waals surface area contributed by atoms with E-state index in [9.17, 15) is 4.79 Å². The van der Waals surface area contributed by atoms with Crippen LogP contribution in [0.5, 0.6) is 0 Å². The molecule has 1 aromatic rings. The predicted octanol–water partition coefficient (Wildman–Crippen LogP) is 2.19. The molecule has 0 aromatic carbocycles. The highest BCUT2D eigenvalue weighted by atomic mass is 16.1. The summed E-state index contributed by atoms with van der Waals surface area (Å²) in [6, 6.07) is 3.72. The van der Waals surface area contributed by atoms with Gasteiger partial charge in [0.1, 0.15) is 0 Å². The molecular weight excluding hydrogens is 238 g/mol. The molecule has 0 saturated heterocycles. The summed E-state index contributed by atoms with van der Waals surface area (Å²) in [5.74, 6) is 0.664. The van der Waals surface area contributed by atoms with Crippen LogP contribution in [-0.2, 0) is 6.54 Å². The Morgan fingerprint density at radius 3 is 2.53 bits per heavy atom. The topological polar surface area (TPSA) is 51.3 Å². The monoisotopic (exact) mass is 265 g/mol. The summed E-state index contributed by atoms with van der Waals surface area (Å²) in [6.45, 7) is 11.7. The maximum atomic E-state index is 11.7. The summed E-state index contributed by atoms with van der Waals surface area (Å²) in [5, 5.41) is 0. The second-order valence-corrected chi connectivity index (χ2v) is 5.83. The molecule has 0 aliphatic rings. The Balaban J connectivity index is 2.52. The third-order valence-electron chi connectivity index (χ3n) is 3.18. The van der Waals surface area contributed by atoms with Crippen molar-refractivity contribution in [3.63, 3.8) is 0 Å². The van der Waals surface area contributed by atoms with Crippen LogP contribution in [0.15, 0.2) is 23.1 Å². The van der Waals surface area contributed by atoms with Crippen LogP contribution in [0.1, 0.15) is 34.1 Å². The Morgan fingerprint density at radius 1 is 1.26 bits per heavy atom. The van der Waals surface area contributed by atoms with Crippen molar-refractivity contribution in [2.45, 2.75) is 46.7 Å². The highest BCUT2D eigenvalue weighted by molar-refractivity contribution is 5.33. The van der Waals surface area contributed by atoms with E-state index in [1.54, 1.807) is 16.8 Å². The number of nitrogen functional groups attached to an aromatic ring is 1. The van der Waals surface area contributed by atoms with E-state index >= 15 is 0 Å². The van der Waals surface area contributed by atoms with Gasteiger partial charge in [-0.2, -0.15) is 0 Å². The van der Waals surface area contributed by atoms with Crippen molar-refractivity contribution in [2.75, 3.05) is 18.8 Å².